The summed E-state index contributed by atoms with van der Waals surface area (Å²) in [5, 5.41) is 4.96. The Kier molecular flexibility index (Phi) is 3.60. The minimum absolute atomic E-state index is 0.134. The molecule has 0 radical (unpaired) electrons. The van der Waals surface area contributed by atoms with Crippen LogP contribution in [0.3, 0.4) is 0 Å². The van der Waals surface area contributed by atoms with Crippen molar-refractivity contribution in [1.29, 1.82) is 0 Å². The molecule has 0 aliphatic rings. The second kappa shape index (κ2) is 5.71. The standard InChI is InChI=1S/C17H17N3O/c18-16-12-14-6-2-1-5-13(14)11-15(16)17(21)19-7-10-20-8-3-4-9-20/h1-6,8-9,11-12H,7,10,18H2,(H,19,21). The third kappa shape index (κ3) is 2.89. The molecule has 0 aliphatic heterocycles. The van der Waals surface area contributed by atoms with Crippen molar-refractivity contribution in [2.24, 2.45) is 0 Å². The molecular formula is C17H17N3O. The van der Waals surface area contributed by atoms with E-state index in [-0.39, 0.29) is 5.91 Å². The molecule has 3 aromatic rings. The molecule has 3 rings (SSSR count). The SMILES string of the molecule is Nc1cc2ccccc2cc1C(=O)NCCn1cccc1. The fourth-order valence-corrected chi connectivity index (χ4v) is 2.37. The number of nitrogens with zero attached hydrogens (tertiary/aromatic N) is 1. The van der Waals surface area contributed by atoms with Crippen molar-refractivity contribution < 1.29 is 4.79 Å². The lowest BCUT2D eigenvalue weighted by atomic mass is 10.0. The maximum atomic E-state index is 12.2. The molecule has 0 spiro atoms. The molecule has 21 heavy (non-hydrogen) atoms. The van der Waals surface area contributed by atoms with Crippen molar-refractivity contribution in [3.63, 3.8) is 0 Å². The number of carbonyl (C=O) groups is 1. The zero-order valence-electron chi connectivity index (χ0n) is 11.6. The fourth-order valence-electron chi connectivity index (χ4n) is 2.37. The quantitative estimate of drug-likeness (QED) is 0.721. The van der Waals surface area contributed by atoms with Gasteiger partial charge >= 0.3 is 0 Å². The molecule has 1 amide bonds. The topological polar surface area (TPSA) is 60.1 Å². The largest absolute Gasteiger partial charge is 0.398 e. The first-order chi connectivity index (χ1) is 10.2. The fraction of sp³-hybridized carbons (Fsp3) is 0.118. The highest BCUT2D eigenvalue weighted by Crippen LogP contribution is 2.21. The van der Waals surface area contributed by atoms with Gasteiger partial charge in [-0.25, -0.2) is 0 Å². The van der Waals surface area contributed by atoms with Crippen LogP contribution in [0, 0.1) is 0 Å². The average molecular weight is 279 g/mol. The molecule has 3 N–H and O–H groups in total. The van der Waals surface area contributed by atoms with Crippen molar-refractivity contribution in [3.8, 4) is 0 Å². The number of benzene rings is 2. The van der Waals surface area contributed by atoms with Gasteiger partial charge < -0.3 is 15.6 Å². The molecule has 0 saturated carbocycles. The van der Waals surface area contributed by atoms with Gasteiger partial charge in [0, 0.05) is 31.2 Å². The number of rotatable bonds is 4. The number of anilines is 1. The predicted molar refractivity (Wildman–Crippen MR) is 85.1 cm³/mol. The Morgan fingerprint density at radius 3 is 2.43 bits per heavy atom. The summed E-state index contributed by atoms with van der Waals surface area (Å²) in [4.78, 5) is 12.2. The van der Waals surface area contributed by atoms with E-state index in [2.05, 4.69) is 5.32 Å². The summed E-state index contributed by atoms with van der Waals surface area (Å²) in [5.41, 5.74) is 7.02. The van der Waals surface area contributed by atoms with Gasteiger partial charge in [-0.15, -0.1) is 0 Å². The zero-order valence-corrected chi connectivity index (χ0v) is 11.6. The first-order valence-corrected chi connectivity index (χ1v) is 6.91. The van der Waals surface area contributed by atoms with Gasteiger partial charge in [0.25, 0.3) is 5.91 Å². The van der Waals surface area contributed by atoms with Crippen LogP contribution in [0.4, 0.5) is 5.69 Å². The van der Waals surface area contributed by atoms with Gasteiger partial charge in [-0.2, -0.15) is 0 Å². The van der Waals surface area contributed by atoms with Gasteiger partial charge in [-0.05, 0) is 35.0 Å². The molecule has 2 aromatic carbocycles. The van der Waals surface area contributed by atoms with E-state index >= 15 is 0 Å². The van der Waals surface area contributed by atoms with E-state index in [0.29, 0.717) is 17.8 Å². The van der Waals surface area contributed by atoms with Gasteiger partial charge in [0.05, 0.1) is 5.56 Å². The van der Waals surface area contributed by atoms with Crippen LogP contribution in [-0.2, 0) is 6.54 Å². The van der Waals surface area contributed by atoms with E-state index in [4.69, 9.17) is 5.73 Å². The molecule has 0 bridgehead atoms. The Hall–Kier alpha value is -2.75. The molecule has 0 saturated heterocycles. The molecule has 4 nitrogen and oxygen atoms in total. The van der Waals surface area contributed by atoms with Crippen LogP contribution < -0.4 is 11.1 Å². The second-order valence-electron chi connectivity index (χ2n) is 4.96. The Labute approximate surface area is 123 Å². The first kappa shape index (κ1) is 13.2. The van der Waals surface area contributed by atoms with Gasteiger partial charge in [-0.3, -0.25) is 4.79 Å². The second-order valence-corrected chi connectivity index (χ2v) is 4.96. The molecule has 1 aromatic heterocycles. The number of fused-ring (bicyclic) bond motifs is 1. The Bertz CT molecular complexity index is 763. The number of nitrogens with two attached hydrogens (primary N) is 1. The van der Waals surface area contributed by atoms with Crippen LogP contribution in [-0.4, -0.2) is 17.0 Å². The molecule has 0 aliphatic carbocycles. The number of aromatic nitrogens is 1. The lowest BCUT2D eigenvalue weighted by molar-refractivity contribution is 0.0953. The lowest BCUT2D eigenvalue weighted by Gasteiger charge is -2.09. The van der Waals surface area contributed by atoms with Crippen molar-refractivity contribution in [2.75, 3.05) is 12.3 Å². The normalized spacial score (nSPS) is 10.7. The van der Waals surface area contributed by atoms with Crippen LogP contribution in [0.5, 0.6) is 0 Å². The zero-order chi connectivity index (χ0) is 14.7. The molecule has 0 fully saturated rings. The van der Waals surface area contributed by atoms with E-state index < -0.39 is 0 Å². The van der Waals surface area contributed by atoms with E-state index in [1.807, 2.05) is 65.5 Å². The Balaban J connectivity index is 1.73. The van der Waals surface area contributed by atoms with Crippen molar-refractivity contribution in [3.05, 3.63) is 66.5 Å². The lowest BCUT2D eigenvalue weighted by Crippen LogP contribution is -2.27. The summed E-state index contributed by atoms with van der Waals surface area (Å²) >= 11 is 0. The summed E-state index contributed by atoms with van der Waals surface area (Å²) in [6.45, 7) is 1.31. The number of hydrogen-bond acceptors (Lipinski definition) is 2. The minimum atomic E-state index is -0.134. The molecule has 4 heteroatoms. The van der Waals surface area contributed by atoms with Crippen LogP contribution in [0.25, 0.3) is 10.8 Å². The summed E-state index contributed by atoms with van der Waals surface area (Å²) in [5.74, 6) is -0.134. The van der Waals surface area contributed by atoms with Crippen LogP contribution in [0.1, 0.15) is 10.4 Å². The maximum absolute atomic E-state index is 12.2. The highest BCUT2D eigenvalue weighted by molar-refractivity contribution is 6.03. The number of carbonyl (C=O) groups excluding carboxylic acids is 1. The predicted octanol–water partition coefficient (Wildman–Crippen LogP) is 2.65. The van der Waals surface area contributed by atoms with E-state index in [9.17, 15) is 4.79 Å². The summed E-state index contributed by atoms with van der Waals surface area (Å²) < 4.78 is 2.02. The van der Waals surface area contributed by atoms with Gasteiger partial charge in [0.2, 0.25) is 0 Å². The third-order valence-corrected chi connectivity index (χ3v) is 3.48. The number of nitrogen functional groups attached to an aromatic ring is 1. The van der Waals surface area contributed by atoms with Crippen molar-refractivity contribution >= 4 is 22.4 Å². The van der Waals surface area contributed by atoms with E-state index in [0.717, 1.165) is 17.3 Å². The number of hydrogen-bond donors (Lipinski definition) is 2. The van der Waals surface area contributed by atoms with E-state index in [1.165, 1.54) is 0 Å². The molecule has 106 valence electrons. The molecule has 0 atom stereocenters. The maximum Gasteiger partial charge on any atom is 0.253 e. The van der Waals surface area contributed by atoms with Crippen molar-refractivity contribution in [1.82, 2.24) is 9.88 Å². The van der Waals surface area contributed by atoms with Gasteiger partial charge in [-0.1, -0.05) is 24.3 Å². The van der Waals surface area contributed by atoms with Gasteiger partial charge in [0.1, 0.15) is 0 Å². The first-order valence-electron chi connectivity index (χ1n) is 6.91. The smallest absolute Gasteiger partial charge is 0.253 e. The van der Waals surface area contributed by atoms with E-state index in [1.54, 1.807) is 0 Å². The number of nitrogens with one attached hydrogen (secondary N) is 1. The number of amides is 1. The summed E-state index contributed by atoms with van der Waals surface area (Å²) in [6, 6.07) is 15.5. The highest BCUT2D eigenvalue weighted by Gasteiger charge is 2.10. The monoisotopic (exact) mass is 279 g/mol. The van der Waals surface area contributed by atoms with Crippen molar-refractivity contribution in [2.45, 2.75) is 6.54 Å². The molecule has 1 heterocycles. The van der Waals surface area contributed by atoms with Crippen LogP contribution in [0.15, 0.2) is 60.9 Å². The Morgan fingerprint density at radius 2 is 1.71 bits per heavy atom. The third-order valence-electron chi connectivity index (χ3n) is 3.48. The highest BCUT2D eigenvalue weighted by atomic mass is 16.1. The summed E-state index contributed by atoms with van der Waals surface area (Å²) in [7, 11) is 0. The van der Waals surface area contributed by atoms with Gasteiger partial charge in [0.15, 0.2) is 0 Å². The molecule has 0 unspecified atom stereocenters. The van der Waals surface area contributed by atoms with Crippen LogP contribution in [0.2, 0.25) is 0 Å². The summed E-state index contributed by atoms with van der Waals surface area (Å²) in [6.07, 6.45) is 3.94. The molecular weight excluding hydrogens is 262 g/mol. The average Bonchev–Trinajstić information content (AvgIpc) is 2.99. The van der Waals surface area contributed by atoms with Crippen LogP contribution >= 0.6 is 0 Å². The minimum Gasteiger partial charge on any atom is -0.398 e. The Morgan fingerprint density at radius 1 is 1.05 bits per heavy atom.